The first-order valence-electron chi connectivity index (χ1n) is 7.61. The monoisotopic (exact) mass is 392 g/mol. The van der Waals surface area contributed by atoms with E-state index in [1.54, 1.807) is 0 Å². The number of hydrogen-bond acceptors (Lipinski definition) is 5. The molecule has 2 heterocycles. The summed E-state index contributed by atoms with van der Waals surface area (Å²) in [7, 11) is -3.71. The second-order valence-electron chi connectivity index (χ2n) is 6.26. The summed E-state index contributed by atoms with van der Waals surface area (Å²) in [5.41, 5.74) is -3.38. The van der Waals surface area contributed by atoms with Crippen LogP contribution in [-0.2, 0) is 26.6 Å². The molecule has 0 amide bonds. The van der Waals surface area contributed by atoms with Crippen LogP contribution in [0.4, 0.5) is 13.2 Å². The molecule has 1 aromatic heterocycles. The summed E-state index contributed by atoms with van der Waals surface area (Å²) in [5, 5.41) is -0.178. The van der Waals surface area contributed by atoms with E-state index in [0.29, 0.717) is 17.6 Å². The van der Waals surface area contributed by atoms with Gasteiger partial charge in [-0.1, -0.05) is 0 Å². The highest BCUT2D eigenvalue weighted by Crippen LogP contribution is 2.39. The van der Waals surface area contributed by atoms with Gasteiger partial charge in [0.05, 0.1) is 23.1 Å². The lowest BCUT2D eigenvalue weighted by atomic mass is 9.92. The molecule has 0 bridgehead atoms. The van der Waals surface area contributed by atoms with Crippen molar-refractivity contribution in [2.45, 2.75) is 24.4 Å². The highest BCUT2D eigenvalue weighted by molar-refractivity contribution is 7.89. The van der Waals surface area contributed by atoms with Crippen LogP contribution in [0.3, 0.4) is 0 Å². The maximum atomic E-state index is 13.4. The highest BCUT2D eigenvalue weighted by atomic mass is 32.2. The molecule has 142 valence electrons. The zero-order valence-corrected chi connectivity index (χ0v) is 14.4. The Labute approximate surface area is 145 Å². The molecule has 0 saturated carbocycles. The summed E-state index contributed by atoms with van der Waals surface area (Å²) in [4.78, 5) is 26.7. The van der Waals surface area contributed by atoms with Gasteiger partial charge in [-0.25, -0.2) is 17.8 Å². The van der Waals surface area contributed by atoms with Crippen molar-refractivity contribution in [1.82, 2.24) is 9.55 Å². The first-order valence-corrected chi connectivity index (χ1v) is 9.67. The van der Waals surface area contributed by atoms with Crippen LogP contribution in [0.25, 0.3) is 10.9 Å². The molecule has 1 atom stereocenters. The molecule has 1 saturated heterocycles. The fraction of sp³-hybridized carbons (Fsp3) is 0.467. The summed E-state index contributed by atoms with van der Waals surface area (Å²) in [6.45, 7) is 0.402. The van der Waals surface area contributed by atoms with E-state index in [0.717, 1.165) is 18.4 Å². The lowest BCUT2D eigenvalue weighted by Gasteiger charge is -2.18. The van der Waals surface area contributed by atoms with E-state index in [4.69, 9.17) is 4.74 Å². The van der Waals surface area contributed by atoms with Crippen LogP contribution in [0.5, 0.6) is 0 Å². The number of aromatic nitrogens is 2. The predicted octanol–water partition coefficient (Wildman–Crippen LogP) is 1.21. The number of hydrogen-bond donors (Lipinski definition) is 1. The minimum absolute atomic E-state index is 0.0927. The van der Waals surface area contributed by atoms with Gasteiger partial charge in [-0.15, -0.1) is 0 Å². The molecule has 7 nitrogen and oxygen atoms in total. The maximum absolute atomic E-state index is 13.4. The van der Waals surface area contributed by atoms with Gasteiger partial charge < -0.3 is 9.72 Å². The molecule has 1 aliphatic heterocycles. The summed E-state index contributed by atoms with van der Waals surface area (Å²) in [6, 6.07) is 1.80. The largest absolute Gasteiger partial charge is 0.416 e. The second-order valence-corrected chi connectivity index (χ2v) is 8.37. The number of rotatable bonds is 3. The number of H-pyrrole nitrogens is 1. The Morgan fingerprint density at radius 2 is 2.00 bits per heavy atom. The smallest absolute Gasteiger partial charge is 0.381 e. The number of benzene rings is 1. The molecule has 11 heteroatoms. The number of fused-ring (bicyclic) bond motifs is 1. The summed E-state index contributed by atoms with van der Waals surface area (Å²) in [6.07, 6.45) is -3.46. The van der Waals surface area contributed by atoms with Crippen molar-refractivity contribution in [3.8, 4) is 0 Å². The Kier molecular flexibility index (Phi) is 4.47. The number of aromatic amines is 1. The molecule has 1 fully saturated rings. The average Bonchev–Trinajstić information content (AvgIpc) is 3.03. The number of halogens is 3. The minimum Gasteiger partial charge on any atom is -0.381 e. The standard InChI is InChI=1S/C15H15F3N2O5S/c1-26(23,24)7-20-13(21)10-4-9(8-2-3-25-6-8)11(15(16,17)18)5-12(10)19-14(20)22/h4-5,8H,2-3,6-7H2,1H3,(H,19,22). The van der Waals surface area contributed by atoms with E-state index in [2.05, 4.69) is 4.98 Å². The zero-order chi connectivity index (χ0) is 19.3. The van der Waals surface area contributed by atoms with Gasteiger partial charge in [-0.05, 0) is 24.1 Å². The summed E-state index contributed by atoms with van der Waals surface area (Å²) >= 11 is 0. The lowest BCUT2D eigenvalue weighted by molar-refractivity contribution is -0.138. The zero-order valence-electron chi connectivity index (χ0n) is 13.6. The second kappa shape index (κ2) is 6.23. The van der Waals surface area contributed by atoms with Crippen molar-refractivity contribution < 1.29 is 26.3 Å². The predicted molar refractivity (Wildman–Crippen MR) is 86.9 cm³/mol. The topological polar surface area (TPSA) is 98.2 Å². The number of nitrogens with zero attached hydrogens (tertiary/aromatic N) is 1. The van der Waals surface area contributed by atoms with E-state index in [1.165, 1.54) is 0 Å². The Bertz CT molecular complexity index is 1080. The van der Waals surface area contributed by atoms with Gasteiger partial charge in [0.25, 0.3) is 5.56 Å². The molecule has 2 aromatic rings. The fourth-order valence-electron chi connectivity index (χ4n) is 3.03. The molecular formula is C15H15F3N2O5S. The van der Waals surface area contributed by atoms with Crippen LogP contribution in [0.1, 0.15) is 23.5 Å². The lowest BCUT2D eigenvalue weighted by Crippen LogP contribution is -2.37. The van der Waals surface area contributed by atoms with Crippen LogP contribution < -0.4 is 11.2 Å². The molecule has 3 rings (SSSR count). The van der Waals surface area contributed by atoms with Crippen LogP contribution in [0.2, 0.25) is 0 Å². The highest BCUT2D eigenvalue weighted by Gasteiger charge is 2.37. The maximum Gasteiger partial charge on any atom is 0.416 e. The van der Waals surface area contributed by atoms with Gasteiger partial charge in [0.2, 0.25) is 0 Å². The first-order chi connectivity index (χ1) is 12.0. The van der Waals surface area contributed by atoms with E-state index in [9.17, 15) is 31.2 Å². The number of alkyl halides is 3. The molecule has 0 radical (unpaired) electrons. The van der Waals surface area contributed by atoms with E-state index in [-0.39, 0.29) is 23.1 Å². The van der Waals surface area contributed by atoms with Crippen molar-refractivity contribution in [3.05, 3.63) is 44.1 Å². The van der Waals surface area contributed by atoms with Gasteiger partial charge >= 0.3 is 11.9 Å². The third kappa shape index (κ3) is 3.54. The molecular weight excluding hydrogens is 377 g/mol. The van der Waals surface area contributed by atoms with Crippen LogP contribution in [0.15, 0.2) is 21.7 Å². The normalized spacial score (nSPS) is 18.5. The van der Waals surface area contributed by atoms with Crippen LogP contribution in [-0.4, -0.2) is 37.4 Å². The summed E-state index contributed by atoms with van der Waals surface area (Å²) in [5.74, 6) is -1.40. The van der Waals surface area contributed by atoms with Crippen LogP contribution >= 0.6 is 0 Å². The van der Waals surface area contributed by atoms with Gasteiger partial charge in [-0.2, -0.15) is 13.2 Å². The average molecular weight is 392 g/mol. The van der Waals surface area contributed by atoms with E-state index >= 15 is 0 Å². The van der Waals surface area contributed by atoms with E-state index < -0.39 is 44.6 Å². The number of nitrogens with one attached hydrogen (secondary N) is 1. The summed E-state index contributed by atoms with van der Waals surface area (Å²) < 4.78 is 68.8. The molecule has 1 unspecified atom stereocenters. The van der Waals surface area contributed by atoms with Crippen molar-refractivity contribution in [1.29, 1.82) is 0 Å². The van der Waals surface area contributed by atoms with Crippen molar-refractivity contribution in [3.63, 3.8) is 0 Å². The molecule has 1 aromatic carbocycles. The van der Waals surface area contributed by atoms with Crippen molar-refractivity contribution in [2.24, 2.45) is 0 Å². The Morgan fingerprint density at radius 1 is 1.31 bits per heavy atom. The molecule has 26 heavy (non-hydrogen) atoms. The molecule has 1 aliphatic rings. The van der Waals surface area contributed by atoms with Gasteiger partial charge in [0, 0.05) is 18.8 Å². The third-order valence-electron chi connectivity index (χ3n) is 4.19. The van der Waals surface area contributed by atoms with E-state index in [1.807, 2.05) is 0 Å². The number of sulfone groups is 1. The fourth-order valence-corrected chi connectivity index (χ4v) is 3.74. The minimum atomic E-state index is -4.68. The Morgan fingerprint density at radius 3 is 2.54 bits per heavy atom. The quantitative estimate of drug-likeness (QED) is 0.847. The van der Waals surface area contributed by atoms with Gasteiger partial charge in [0.1, 0.15) is 5.88 Å². The molecule has 0 aliphatic carbocycles. The SMILES string of the molecule is CS(=O)(=O)Cn1c(=O)[nH]c2cc(C(F)(F)F)c(C3CCOC3)cc2c1=O. The Balaban J connectivity index is 2.32. The first kappa shape index (κ1) is 18.6. The van der Waals surface area contributed by atoms with Gasteiger partial charge in [0.15, 0.2) is 9.84 Å². The Hall–Kier alpha value is -2.14. The van der Waals surface area contributed by atoms with Crippen molar-refractivity contribution in [2.75, 3.05) is 19.5 Å². The van der Waals surface area contributed by atoms with Crippen LogP contribution in [0, 0.1) is 0 Å². The number of ether oxygens (including phenoxy) is 1. The van der Waals surface area contributed by atoms with Crippen molar-refractivity contribution >= 4 is 20.7 Å². The molecule has 1 N–H and O–H groups in total. The molecule has 0 spiro atoms. The van der Waals surface area contributed by atoms with Gasteiger partial charge in [-0.3, -0.25) is 4.79 Å². The third-order valence-corrected chi connectivity index (χ3v) is 4.92.